The number of thiazole rings is 1. The summed E-state index contributed by atoms with van der Waals surface area (Å²) in [5.74, 6) is 1.30. The van der Waals surface area contributed by atoms with Gasteiger partial charge in [0.15, 0.2) is 5.13 Å². The highest BCUT2D eigenvalue weighted by Gasteiger charge is 2.23. The second-order valence-electron chi connectivity index (χ2n) is 7.90. The Morgan fingerprint density at radius 1 is 1.35 bits per heavy atom. The van der Waals surface area contributed by atoms with E-state index in [-0.39, 0.29) is 11.6 Å². The molecular formula is C22H22ClN5O2S. The number of hydrogen-bond acceptors (Lipinski definition) is 6. The van der Waals surface area contributed by atoms with Crippen molar-refractivity contribution in [1.29, 1.82) is 0 Å². The topological polar surface area (TPSA) is 84.8 Å². The van der Waals surface area contributed by atoms with E-state index >= 15 is 0 Å². The molecule has 31 heavy (non-hydrogen) atoms. The van der Waals surface area contributed by atoms with Gasteiger partial charge in [0, 0.05) is 29.8 Å². The van der Waals surface area contributed by atoms with Crippen LogP contribution in [0.15, 0.2) is 41.7 Å². The molecule has 1 aromatic carbocycles. The summed E-state index contributed by atoms with van der Waals surface area (Å²) in [6, 6.07) is 5.16. The van der Waals surface area contributed by atoms with Crippen molar-refractivity contribution in [1.82, 2.24) is 19.5 Å². The van der Waals surface area contributed by atoms with Gasteiger partial charge in [0.1, 0.15) is 5.75 Å². The SMILES string of the molecule is COc1cc2[nH]c(=O)c([C@H](C)Nc3ncc(-c4cncn4CC4CC4)s3)cc2cc1Cl. The zero-order valence-corrected chi connectivity index (χ0v) is 18.8. The molecule has 1 aliphatic carbocycles. The molecule has 1 aliphatic rings. The minimum Gasteiger partial charge on any atom is -0.495 e. The fourth-order valence-corrected chi connectivity index (χ4v) is 4.85. The number of fused-ring (bicyclic) bond motifs is 1. The van der Waals surface area contributed by atoms with Gasteiger partial charge in [-0.2, -0.15) is 0 Å². The molecule has 1 saturated carbocycles. The van der Waals surface area contributed by atoms with Gasteiger partial charge in [-0.25, -0.2) is 9.97 Å². The van der Waals surface area contributed by atoms with Crippen LogP contribution in [0.1, 0.15) is 31.4 Å². The van der Waals surface area contributed by atoms with Gasteiger partial charge < -0.3 is 19.6 Å². The first-order chi connectivity index (χ1) is 15.0. The van der Waals surface area contributed by atoms with Crippen molar-refractivity contribution in [2.24, 2.45) is 5.92 Å². The average molecular weight is 456 g/mol. The number of imidazole rings is 1. The monoisotopic (exact) mass is 455 g/mol. The van der Waals surface area contributed by atoms with Crippen LogP contribution in [0.25, 0.3) is 21.5 Å². The number of hydrogen-bond donors (Lipinski definition) is 2. The predicted molar refractivity (Wildman–Crippen MR) is 124 cm³/mol. The normalized spacial score (nSPS) is 14.7. The fraction of sp³-hybridized carbons (Fsp3) is 0.318. The summed E-state index contributed by atoms with van der Waals surface area (Å²) < 4.78 is 7.43. The van der Waals surface area contributed by atoms with E-state index in [9.17, 15) is 4.79 Å². The minimum absolute atomic E-state index is 0.156. The maximum absolute atomic E-state index is 12.7. The van der Waals surface area contributed by atoms with Gasteiger partial charge in [-0.15, -0.1) is 0 Å². The van der Waals surface area contributed by atoms with Gasteiger partial charge in [-0.1, -0.05) is 22.9 Å². The van der Waals surface area contributed by atoms with Gasteiger partial charge in [-0.3, -0.25) is 4.79 Å². The number of benzene rings is 1. The number of aromatic nitrogens is 4. The van der Waals surface area contributed by atoms with E-state index in [2.05, 4.69) is 24.8 Å². The molecule has 0 radical (unpaired) electrons. The smallest absolute Gasteiger partial charge is 0.253 e. The molecule has 3 aromatic heterocycles. The average Bonchev–Trinajstić information content (AvgIpc) is 3.24. The zero-order valence-electron chi connectivity index (χ0n) is 17.2. The molecule has 5 rings (SSSR count). The van der Waals surface area contributed by atoms with Crippen molar-refractivity contribution in [2.45, 2.75) is 32.4 Å². The van der Waals surface area contributed by atoms with E-state index in [4.69, 9.17) is 16.3 Å². The molecule has 9 heteroatoms. The van der Waals surface area contributed by atoms with E-state index in [1.807, 2.05) is 31.7 Å². The van der Waals surface area contributed by atoms with Crippen LogP contribution in [-0.4, -0.2) is 26.6 Å². The van der Waals surface area contributed by atoms with E-state index in [1.54, 1.807) is 30.6 Å². The first-order valence-corrected chi connectivity index (χ1v) is 11.3. The highest BCUT2D eigenvalue weighted by atomic mass is 35.5. The first-order valence-electron chi connectivity index (χ1n) is 10.1. The number of H-pyrrole nitrogens is 1. The lowest BCUT2D eigenvalue weighted by molar-refractivity contribution is 0.415. The molecule has 0 bridgehead atoms. The van der Waals surface area contributed by atoms with Gasteiger partial charge in [-0.05, 0) is 37.8 Å². The number of anilines is 1. The molecule has 0 aliphatic heterocycles. The van der Waals surface area contributed by atoms with Crippen LogP contribution >= 0.6 is 22.9 Å². The summed E-state index contributed by atoms with van der Waals surface area (Å²) in [7, 11) is 1.55. The second-order valence-corrected chi connectivity index (χ2v) is 9.34. The molecule has 0 spiro atoms. The quantitative estimate of drug-likeness (QED) is 0.405. The van der Waals surface area contributed by atoms with Gasteiger partial charge in [0.25, 0.3) is 5.56 Å². The Labute approximate surface area is 188 Å². The molecule has 1 atom stereocenters. The zero-order chi connectivity index (χ0) is 21.5. The number of nitrogens with one attached hydrogen (secondary N) is 2. The van der Waals surface area contributed by atoms with Crippen molar-refractivity contribution in [3.8, 4) is 16.3 Å². The summed E-state index contributed by atoms with van der Waals surface area (Å²) in [5.41, 5.74) is 2.22. The number of methoxy groups -OCH3 is 1. The lowest BCUT2D eigenvalue weighted by Crippen LogP contribution is -2.19. The number of aromatic amines is 1. The molecule has 4 aromatic rings. The molecule has 0 amide bonds. The standard InChI is InChI=1S/C22H22ClN5O2S/c1-12(15-5-14-6-16(23)19(30-2)7-17(14)27-21(15)29)26-22-25-9-20(31-22)18-8-24-11-28(18)10-13-3-4-13/h5-9,11-13H,3-4,10H2,1-2H3,(H,25,26)(H,27,29)/t12-/m0/s1. The lowest BCUT2D eigenvalue weighted by atomic mass is 10.1. The van der Waals surface area contributed by atoms with Crippen molar-refractivity contribution in [3.63, 3.8) is 0 Å². The summed E-state index contributed by atoms with van der Waals surface area (Å²) >= 11 is 7.82. The number of nitrogens with zero attached hydrogens (tertiary/aromatic N) is 3. The van der Waals surface area contributed by atoms with Crippen LogP contribution in [0.5, 0.6) is 5.75 Å². The summed E-state index contributed by atoms with van der Waals surface area (Å²) in [6.07, 6.45) is 8.22. The highest BCUT2D eigenvalue weighted by molar-refractivity contribution is 7.18. The van der Waals surface area contributed by atoms with E-state index < -0.39 is 0 Å². The Morgan fingerprint density at radius 2 is 2.19 bits per heavy atom. The third-order valence-corrected chi connectivity index (χ3v) is 6.82. The molecule has 0 saturated heterocycles. The van der Waals surface area contributed by atoms with Crippen LogP contribution < -0.4 is 15.6 Å². The molecule has 7 nitrogen and oxygen atoms in total. The Morgan fingerprint density at radius 3 is 2.97 bits per heavy atom. The van der Waals surface area contributed by atoms with E-state index in [0.717, 1.165) is 33.6 Å². The third kappa shape index (κ3) is 4.05. The van der Waals surface area contributed by atoms with Gasteiger partial charge in [0.2, 0.25) is 0 Å². The first kappa shape index (κ1) is 20.1. The largest absolute Gasteiger partial charge is 0.495 e. The number of halogens is 1. The predicted octanol–water partition coefficient (Wildman–Crippen LogP) is 5.09. The Kier molecular flexibility index (Phi) is 5.19. The second kappa shape index (κ2) is 8.01. The molecule has 3 heterocycles. The maximum Gasteiger partial charge on any atom is 0.253 e. The van der Waals surface area contributed by atoms with E-state index in [1.165, 1.54) is 12.8 Å². The third-order valence-electron chi connectivity index (χ3n) is 5.57. The molecular weight excluding hydrogens is 434 g/mol. The van der Waals surface area contributed by atoms with Crippen molar-refractivity contribution in [3.05, 3.63) is 57.9 Å². The van der Waals surface area contributed by atoms with Crippen LogP contribution in [0.3, 0.4) is 0 Å². The van der Waals surface area contributed by atoms with Crippen molar-refractivity contribution in [2.75, 3.05) is 12.4 Å². The number of pyridine rings is 1. The van der Waals surface area contributed by atoms with Crippen molar-refractivity contribution < 1.29 is 4.74 Å². The maximum atomic E-state index is 12.7. The van der Waals surface area contributed by atoms with Crippen LogP contribution in [0.2, 0.25) is 5.02 Å². The van der Waals surface area contributed by atoms with Gasteiger partial charge >= 0.3 is 0 Å². The van der Waals surface area contributed by atoms with Crippen LogP contribution in [0, 0.1) is 5.92 Å². The Bertz CT molecular complexity index is 1310. The summed E-state index contributed by atoms with van der Waals surface area (Å²) in [6.45, 7) is 2.95. The lowest BCUT2D eigenvalue weighted by Gasteiger charge is -2.14. The fourth-order valence-electron chi connectivity index (χ4n) is 3.67. The van der Waals surface area contributed by atoms with Crippen LogP contribution in [0.4, 0.5) is 5.13 Å². The van der Waals surface area contributed by atoms with Crippen molar-refractivity contribution >= 4 is 39.0 Å². The van der Waals surface area contributed by atoms with E-state index in [0.29, 0.717) is 21.9 Å². The summed E-state index contributed by atoms with van der Waals surface area (Å²) in [4.78, 5) is 25.5. The molecule has 160 valence electrons. The summed E-state index contributed by atoms with van der Waals surface area (Å²) in [5, 5.41) is 5.46. The minimum atomic E-state index is -0.232. The van der Waals surface area contributed by atoms with Crippen LogP contribution in [-0.2, 0) is 6.54 Å². The number of rotatable bonds is 7. The molecule has 0 unspecified atom stereocenters. The Balaban J connectivity index is 1.38. The molecule has 1 fully saturated rings. The highest BCUT2D eigenvalue weighted by Crippen LogP contribution is 2.35. The van der Waals surface area contributed by atoms with Gasteiger partial charge in [0.05, 0.1) is 46.8 Å². The molecule has 2 N–H and O–H groups in total. The Hall–Kier alpha value is -2.84. The number of ether oxygens (including phenoxy) is 1.